The minimum atomic E-state index is -0.586. The molecule has 1 aromatic heterocycles. The molecule has 1 heterocycles. The van der Waals surface area contributed by atoms with E-state index < -0.39 is 5.76 Å². The maximum absolute atomic E-state index is 12.4. The molecule has 2 aromatic rings. The summed E-state index contributed by atoms with van der Waals surface area (Å²) in [6, 6.07) is 7.17. The Morgan fingerprint density at radius 3 is 2.48 bits per heavy atom. The lowest BCUT2D eigenvalue weighted by Crippen LogP contribution is -2.30. The highest BCUT2D eigenvalue weighted by atomic mass is 16.5. The van der Waals surface area contributed by atoms with Gasteiger partial charge in [-0.15, -0.1) is 0 Å². The van der Waals surface area contributed by atoms with Gasteiger partial charge in [0, 0.05) is 17.2 Å². The van der Waals surface area contributed by atoms with E-state index in [1.807, 2.05) is 0 Å². The molecule has 1 aromatic carbocycles. The molecule has 1 saturated carbocycles. The molecule has 23 heavy (non-hydrogen) atoms. The molecule has 6 nitrogen and oxygen atoms in total. The fourth-order valence-corrected chi connectivity index (χ4v) is 2.97. The molecule has 122 valence electrons. The van der Waals surface area contributed by atoms with Gasteiger partial charge in [-0.05, 0) is 55.4 Å². The van der Waals surface area contributed by atoms with Gasteiger partial charge in [0.2, 0.25) is 5.91 Å². The first-order chi connectivity index (χ1) is 10.9. The van der Waals surface area contributed by atoms with Gasteiger partial charge in [-0.2, -0.15) is 0 Å². The zero-order chi connectivity index (χ0) is 16.4. The summed E-state index contributed by atoms with van der Waals surface area (Å²) in [5.74, 6) is -0.0299. The van der Waals surface area contributed by atoms with E-state index in [0.29, 0.717) is 11.2 Å². The summed E-state index contributed by atoms with van der Waals surface area (Å²) in [6.07, 6.45) is 4.06. The van der Waals surface area contributed by atoms with Crippen LogP contribution in [-0.2, 0) is 4.79 Å². The number of amides is 1. The molecule has 2 N–H and O–H groups in total. The third kappa shape index (κ3) is 3.70. The van der Waals surface area contributed by atoms with Crippen LogP contribution >= 0.6 is 0 Å². The molecule has 1 amide bonds. The second-order valence-electron chi connectivity index (χ2n) is 6.95. The monoisotopic (exact) mass is 315 g/mol. The Morgan fingerprint density at radius 1 is 1.26 bits per heavy atom. The summed E-state index contributed by atoms with van der Waals surface area (Å²) in [4.78, 5) is 25.8. The van der Waals surface area contributed by atoms with Crippen molar-refractivity contribution < 1.29 is 9.32 Å². The fourth-order valence-electron chi connectivity index (χ4n) is 2.97. The average molecular weight is 315 g/mol. The number of H-pyrrole nitrogens is 1. The molecule has 0 radical (unpaired) electrons. The number of anilines is 1. The van der Waals surface area contributed by atoms with Crippen molar-refractivity contribution in [2.24, 2.45) is 11.3 Å². The number of carbonyl (C=O) groups excluding carboxylic acids is 1. The van der Waals surface area contributed by atoms with Crippen LogP contribution in [0.4, 0.5) is 5.69 Å². The molecule has 0 aliphatic heterocycles. The predicted octanol–water partition coefficient (Wildman–Crippen LogP) is 3.18. The summed E-state index contributed by atoms with van der Waals surface area (Å²) >= 11 is 0. The van der Waals surface area contributed by atoms with E-state index in [9.17, 15) is 9.59 Å². The first-order valence-electron chi connectivity index (χ1n) is 7.90. The van der Waals surface area contributed by atoms with Crippen LogP contribution in [0.1, 0.15) is 39.5 Å². The van der Waals surface area contributed by atoms with Crippen molar-refractivity contribution in [1.29, 1.82) is 0 Å². The summed E-state index contributed by atoms with van der Waals surface area (Å²) in [5.41, 5.74) is 1.83. The number of hydrogen-bond acceptors (Lipinski definition) is 4. The average Bonchev–Trinajstić information content (AvgIpc) is 2.94. The molecule has 0 atom stereocenters. The number of aromatic nitrogens is 2. The van der Waals surface area contributed by atoms with Gasteiger partial charge in [-0.25, -0.2) is 4.79 Å². The van der Waals surface area contributed by atoms with Crippen LogP contribution in [0.5, 0.6) is 0 Å². The minimum absolute atomic E-state index is 0.0862. The van der Waals surface area contributed by atoms with Gasteiger partial charge in [-0.3, -0.25) is 14.3 Å². The van der Waals surface area contributed by atoms with Crippen LogP contribution in [0.25, 0.3) is 11.4 Å². The Kier molecular flexibility index (Phi) is 4.07. The van der Waals surface area contributed by atoms with Gasteiger partial charge >= 0.3 is 5.76 Å². The predicted molar refractivity (Wildman–Crippen MR) is 86.9 cm³/mol. The Hall–Kier alpha value is -2.37. The SMILES string of the molecule is CC1(C)CCC(C(=O)Nc2ccc(-c3noc(=O)[nH]3)cc2)CC1. The molecular weight excluding hydrogens is 294 g/mol. The van der Waals surface area contributed by atoms with Crippen molar-refractivity contribution in [2.75, 3.05) is 5.32 Å². The third-order valence-corrected chi connectivity index (χ3v) is 4.58. The zero-order valence-corrected chi connectivity index (χ0v) is 13.4. The largest absolute Gasteiger partial charge is 0.439 e. The maximum atomic E-state index is 12.4. The number of benzene rings is 1. The first-order valence-corrected chi connectivity index (χ1v) is 7.90. The highest BCUT2D eigenvalue weighted by Gasteiger charge is 2.30. The zero-order valence-electron chi connectivity index (χ0n) is 13.4. The second kappa shape index (κ2) is 6.02. The van der Waals surface area contributed by atoms with E-state index in [1.54, 1.807) is 24.3 Å². The molecule has 0 spiro atoms. The summed E-state index contributed by atoms with van der Waals surface area (Å²) in [5, 5.41) is 6.60. The van der Waals surface area contributed by atoms with Gasteiger partial charge in [0.15, 0.2) is 5.82 Å². The summed E-state index contributed by atoms with van der Waals surface area (Å²) < 4.78 is 4.48. The lowest BCUT2D eigenvalue weighted by atomic mass is 9.73. The van der Waals surface area contributed by atoms with Gasteiger partial charge in [-0.1, -0.05) is 19.0 Å². The minimum Gasteiger partial charge on any atom is -0.326 e. The lowest BCUT2D eigenvalue weighted by Gasteiger charge is -2.33. The standard InChI is InChI=1S/C17H21N3O3/c1-17(2)9-7-12(8-10-17)15(21)18-13-5-3-11(4-6-13)14-19-16(22)23-20-14/h3-6,12H,7-10H2,1-2H3,(H,18,21)(H,19,20,22). The number of carbonyl (C=O) groups is 1. The smallest absolute Gasteiger partial charge is 0.326 e. The fraction of sp³-hybridized carbons (Fsp3) is 0.471. The van der Waals surface area contributed by atoms with E-state index >= 15 is 0 Å². The van der Waals surface area contributed by atoms with E-state index in [0.717, 1.165) is 36.9 Å². The van der Waals surface area contributed by atoms with E-state index in [4.69, 9.17) is 0 Å². The quantitative estimate of drug-likeness (QED) is 0.910. The van der Waals surface area contributed by atoms with Crippen LogP contribution < -0.4 is 11.1 Å². The van der Waals surface area contributed by atoms with Crippen LogP contribution in [0.3, 0.4) is 0 Å². The Morgan fingerprint density at radius 2 is 1.91 bits per heavy atom. The van der Waals surface area contributed by atoms with E-state index in [2.05, 4.69) is 33.8 Å². The van der Waals surface area contributed by atoms with E-state index in [-0.39, 0.29) is 11.8 Å². The van der Waals surface area contributed by atoms with Crippen LogP contribution in [-0.4, -0.2) is 16.0 Å². The molecule has 6 heteroatoms. The molecule has 1 fully saturated rings. The summed E-state index contributed by atoms with van der Waals surface area (Å²) in [7, 11) is 0. The highest BCUT2D eigenvalue weighted by molar-refractivity contribution is 5.92. The van der Waals surface area contributed by atoms with Crippen LogP contribution in [0.15, 0.2) is 33.6 Å². The molecule has 0 saturated heterocycles. The summed E-state index contributed by atoms with van der Waals surface area (Å²) in [6.45, 7) is 4.52. The third-order valence-electron chi connectivity index (χ3n) is 4.58. The molecule has 1 aliphatic carbocycles. The number of hydrogen-bond donors (Lipinski definition) is 2. The van der Waals surface area contributed by atoms with Crippen LogP contribution in [0, 0.1) is 11.3 Å². The second-order valence-corrected chi connectivity index (χ2v) is 6.95. The Labute approximate surface area is 134 Å². The van der Waals surface area contributed by atoms with Crippen molar-refractivity contribution in [3.8, 4) is 11.4 Å². The molecule has 1 aliphatic rings. The van der Waals surface area contributed by atoms with Crippen LogP contribution in [0.2, 0.25) is 0 Å². The van der Waals surface area contributed by atoms with Crippen molar-refractivity contribution in [3.05, 3.63) is 34.8 Å². The van der Waals surface area contributed by atoms with Gasteiger partial charge < -0.3 is 5.32 Å². The van der Waals surface area contributed by atoms with E-state index in [1.165, 1.54) is 0 Å². The topological polar surface area (TPSA) is 88.0 Å². The van der Waals surface area contributed by atoms with Crippen molar-refractivity contribution in [3.63, 3.8) is 0 Å². The maximum Gasteiger partial charge on any atom is 0.439 e. The Balaban J connectivity index is 1.62. The van der Waals surface area contributed by atoms with Gasteiger partial charge in [0.25, 0.3) is 0 Å². The lowest BCUT2D eigenvalue weighted by molar-refractivity contribution is -0.121. The molecule has 0 unspecified atom stereocenters. The van der Waals surface area contributed by atoms with Gasteiger partial charge in [0.05, 0.1) is 0 Å². The van der Waals surface area contributed by atoms with Crippen molar-refractivity contribution >= 4 is 11.6 Å². The molecule has 0 bridgehead atoms. The first kappa shape index (κ1) is 15.5. The number of rotatable bonds is 3. The number of nitrogens with zero attached hydrogens (tertiary/aromatic N) is 1. The van der Waals surface area contributed by atoms with Crippen molar-refractivity contribution in [1.82, 2.24) is 10.1 Å². The number of aromatic amines is 1. The molecular formula is C17H21N3O3. The van der Waals surface area contributed by atoms with Gasteiger partial charge in [0.1, 0.15) is 0 Å². The highest BCUT2D eigenvalue weighted by Crippen LogP contribution is 2.38. The number of nitrogens with one attached hydrogen (secondary N) is 2. The van der Waals surface area contributed by atoms with Crippen molar-refractivity contribution in [2.45, 2.75) is 39.5 Å². The normalized spacial score (nSPS) is 17.8. The Bertz CT molecular complexity index is 733. The molecule has 3 rings (SSSR count).